The topological polar surface area (TPSA) is 86.9 Å². The molecule has 0 aliphatic carbocycles. The molecule has 8 heteroatoms. The van der Waals surface area contributed by atoms with Crippen LogP contribution in [0.4, 0.5) is 0 Å². The molecule has 0 radical (unpaired) electrons. The van der Waals surface area contributed by atoms with Gasteiger partial charge >= 0.3 is 0 Å². The molecule has 122 valence electrons. The van der Waals surface area contributed by atoms with Crippen molar-refractivity contribution in [2.45, 2.75) is 45.4 Å². The zero-order valence-electron chi connectivity index (χ0n) is 13.1. The third-order valence-corrected chi connectivity index (χ3v) is 4.31. The first-order valence-corrected chi connectivity index (χ1v) is 8.08. The second kappa shape index (κ2) is 10.0. The second-order valence-corrected chi connectivity index (χ2v) is 5.68. The van der Waals surface area contributed by atoms with Gasteiger partial charge in [-0.3, -0.25) is 4.79 Å². The van der Waals surface area contributed by atoms with Gasteiger partial charge in [-0.25, -0.2) is 0 Å². The Morgan fingerprint density at radius 2 is 1.95 bits per heavy atom. The highest BCUT2D eigenvalue weighted by atomic mass is 35.5. The SMILES string of the molecule is CCC(C)[C@H]([NH3+])c1nnc(SCC(=O)N(CC)CC)o1.[Cl-]. The second-order valence-electron chi connectivity index (χ2n) is 4.75. The van der Waals surface area contributed by atoms with Gasteiger partial charge in [-0.15, -0.1) is 10.2 Å². The molecule has 0 saturated carbocycles. The zero-order valence-corrected chi connectivity index (χ0v) is 14.7. The summed E-state index contributed by atoms with van der Waals surface area (Å²) in [6.07, 6.45) is 1.01. The lowest BCUT2D eigenvalue weighted by atomic mass is 10.0. The van der Waals surface area contributed by atoms with E-state index in [1.54, 1.807) is 4.90 Å². The average Bonchev–Trinajstić information content (AvgIpc) is 2.93. The van der Waals surface area contributed by atoms with E-state index in [1.807, 2.05) is 13.8 Å². The van der Waals surface area contributed by atoms with E-state index >= 15 is 0 Å². The van der Waals surface area contributed by atoms with E-state index in [4.69, 9.17) is 4.42 Å². The van der Waals surface area contributed by atoms with Crippen LogP contribution < -0.4 is 18.1 Å². The van der Waals surface area contributed by atoms with Gasteiger partial charge in [0.2, 0.25) is 5.91 Å². The van der Waals surface area contributed by atoms with Crippen molar-refractivity contribution in [3.63, 3.8) is 0 Å². The third kappa shape index (κ3) is 5.84. The molecule has 0 bridgehead atoms. The number of rotatable bonds is 8. The Bertz CT molecular complexity index is 426. The van der Waals surface area contributed by atoms with E-state index in [0.29, 0.717) is 22.8 Å². The summed E-state index contributed by atoms with van der Waals surface area (Å²) >= 11 is 1.29. The molecule has 0 aliphatic heterocycles. The summed E-state index contributed by atoms with van der Waals surface area (Å²) in [4.78, 5) is 13.7. The summed E-state index contributed by atoms with van der Waals surface area (Å²) in [6, 6.07) is 0.000309. The molecular formula is C13H25ClN4O2S. The zero-order chi connectivity index (χ0) is 15.1. The number of hydrogen-bond acceptors (Lipinski definition) is 5. The lowest BCUT2D eigenvalue weighted by molar-refractivity contribution is -0.444. The fourth-order valence-corrected chi connectivity index (χ4v) is 2.42. The summed E-state index contributed by atoms with van der Waals surface area (Å²) in [6.45, 7) is 9.60. The van der Waals surface area contributed by atoms with Crippen molar-refractivity contribution in [1.29, 1.82) is 0 Å². The number of halogens is 1. The van der Waals surface area contributed by atoms with Gasteiger partial charge in [0.15, 0.2) is 6.04 Å². The van der Waals surface area contributed by atoms with Gasteiger partial charge in [-0.2, -0.15) is 0 Å². The predicted molar refractivity (Wildman–Crippen MR) is 78.0 cm³/mol. The molecule has 1 unspecified atom stereocenters. The fraction of sp³-hybridized carbons (Fsp3) is 0.769. The smallest absolute Gasteiger partial charge is 0.277 e. The Balaban J connectivity index is 0.00000400. The summed E-state index contributed by atoms with van der Waals surface area (Å²) in [5.41, 5.74) is 4.06. The number of carbonyl (C=O) groups is 1. The highest BCUT2D eigenvalue weighted by Crippen LogP contribution is 2.23. The van der Waals surface area contributed by atoms with Crippen LogP contribution in [0.15, 0.2) is 9.64 Å². The van der Waals surface area contributed by atoms with Crippen molar-refractivity contribution in [1.82, 2.24) is 15.1 Å². The fourth-order valence-electron chi connectivity index (χ4n) is 1.75. The van der Waals surface area contributed by atoms with Crippen LogP contribution in [0.3, 0.4) is 0 Å². The van der Waals surface area contributed by atoms with E-state index in [2.05, 4.69) is 29.8 Å². The van der Waals surface area contributed by atoms with Crippen LogP contribution in [0.25, 0.3) is 0 Å². The maximum absolute atomic E-state index is 11.9. The predicted octanol–water partition coefficient (Wildman–Crippen LogP) is -1.64. The van der Waals surface area contributed by atoms with Crippen LogP contribution in [0.5, 0.6) is 0 Å². The molecule has 0 aromatic carbocycles. The molecule has 3 N–H and O–H groups in total. The molecule has 0 spiro atoms. The van der Waals surface area contributed by atoms with Crippen molar-refractivity contribution in [2.24, 2.45) is 5.92 Å². The number of hydrogen-bond donors (Lipinski definition) is 1. The number of aromatic nitrogens is 2. The maximum Gasteiger partial charge on any atom is 0.277 e. The van der Waals surface area contributed by atoms with E-state index < -0.39 is 0 Å². The first kappa shape index (κ1) is 20.2. The van der Waals surface area contributed by atoms with Crippen LogP contribution in [-0.2, 0) is 4.79 Å². The van der Waals surface area contributed by atoms with E-state index in [9.17, 15) is 4.79 Å². The van der Waals surface area contributed by atoms with Crippen molar-refractivity contribution in [3.8, 4) is 0 Å². The van der Waals surface area contributed by atoms with E-state index in [0.717, 1.165) is 19.5 Å². The molecule has 1 amide bonds. The number of amides is 1. The van der Waals surface area contributed by atoms with Gasteiger partial charge < -0.3 is 27.5 Å². The molecule has 0 saturated heterocycles. The molecule has 0 aliphatic rings. The van der Waals surface area contributed by atoms with Crippen molar-refractivity contribution >= 4 is 17.7 Å². The van der Waals surface area contributed by atoms with Crippen LogP contribution in [0.1, 0.15) is 46.0 Å². The molecule has 2 atom stereocenters. The summed E-state index contributed by atoms with van der Waals surface area (Å²) in [5, 5.41) is 8.44. The molecular weight excluding hydrogens is 312 g/mol. The van der Waals surface area contributed by atoms with Crippen molar-refractivity contribution < 1.29 is 27.4 Å². The van der Waals surface area contributed by atoms with E-state index in [1.165, 1.54) is 11.8 Å². The van der Waals surface area contributed by atoms with Gasteiger partial charge in [-0.1, -0.05) is 25.6 Å². The number of nitrogens with zero attached hydrogens (tertiary/aromatic N) is 3. The van der Waals surface area contributed by atoms with Crippen LogP contribution in [0.2, 0.25) is 0 Å². The molecule has 0 fully saturated rings. The minimum Gasteiger partial charge on any atom is -1.00 e. The van der Waals surface area contributed by atoms with Crippen molar-refractivity contribution in [3.05, 3.63) is 5.89 Å². The Labute approximate surface area is 136 Å². The Kier molecular flexibility index (Phi) is 9.65. The minimum absolute atomic E-state index is 0. The Morgan fingerprint density at radius 3 is 2.48 bits per heavy atom. The van der Waals surface area contributed by atoms with Gasteiger partial charge in [0, 0.05) is 19.0 Å². The number of carbonyl (C=O) groups excluding carboxylic acids is 1. The van der Waals surface area contributed by atoms with Crippen LogP contribution >= 0.6 is 11.8 Å². The van der Waals surface area contributed by atoms with Gasteiger partial charge in [0.25, 0.3) is 11.1 Å². The first-order valence-electron chi connectivity index (χ1n) is 7.10. The Morgan fingerprint density at radius 1 is 1.33 bits per heavy atom. The summed E-state index contributed by atoms with van der Waals surface area (Å²) in [7, 11) is 0. The lowest BCUT2D eigenvalue weighted by Crippen LogP contribution is -3.00. The number of thioether (sulfide) groups is 1. The lowest BCUT2D eigenvalue weighted by Gasteiger charge is -2.17. The molecule has 6 nitrogen and oxygen atoms in total. The molecule has 1 aromatic heterocycles. The molecule has 1 heterocycles. The Hall–Kier alpha value is -0.790. The first-order chi connectivity index (χ1) is 9.53. The quantitative estimate of drug-likeness (QED) is 0.576. The minimum atomic E-state index is 0. The number of quaternary nitrogens is 1. The van der Waals surface area contributed by atoms with E-state index in [-0.39, 0.29) is 24.4 Å². The monoisotopic (exact) mass is 336 g/mol. The van der Waals surface area contributed by atoms with Crippen LogP contribution in [0, 0.1) is 5.92 Å². The summed E-state index contributed by atoms with van der Waals surface area (Å²) in [5.74, 6) is 1.37. The summed E-state index contributed by atoms with van der Waals surface area (Å²) < 4.78 is 5.57. The highest BCUT2D eigenvalue weighted by Gasteiger charge is 2.23. The molecule has 21 heavy (non-hydrogen) atoms. The largest absolute Gasteiger partial charge is 1.00 e. The van der Waals surface area contributed by atoms with Gasteiger partial charge in [-0.05, 0) is 20.3 Å². The standard InChI is InChI=1S/C13H24N4O2S.ClH/c1-5-9(4)11(14)12-15-16-13(19-12)20-8-10(18)17(6-2)7-3;/h9,11H,5-8,14H2,1-4H3;1H/t9?,11-;/m0./s1. The maximum atomic E-state index is 11.9. The molecule has 1 rings (SSSR count). The van der Waals surface area contributed by atoms with Crippen molar-refractivity contribution in [2.75, 3.05) is 18.8 Å². The average molecular weight is 337 g/mol. The van der Waals surface area contributed by atoms with Gasteiger partial charge in [0.1, 0.15) is 0 Å². The van der Waals surface area contributed by atoms with Crippen LogP contribution in [-0.4, -0.2) is 39.8 Å². The molecule has 1 aromatic rings. The van der Waals surface area contributed by atoms with Gasteiger partial charge in [0.05, 0.1) is 5.75 Å². The highest BCUT2D eigenvalue weighted by molar-refractivity contribution is 7.99. The normalized spacial score (nSPS) is 13.4. The third-order valence-electron chi connectivity index (χ3n) is 3.51.